The van der Waals surface area contributed by atoms with E-state index in [2.05, 4.69) is 16.8 Å². The second-order valence-electron chi connectivity index (χ2n) is 8.78. The van der Waals surface area contributed by atoms with Crippen LogP contribution in [0.25, 0.3) is 0 Å². The Balaban J connectivity index is 1.48. The number of urea groups is 1. The Hall–Kier alpha value is -2.54. The van der Waals surface area contributed by atoms with E-state index in [1.165, 1.54) is 10.4 Å². The summed E-state index contributed by atoms with van der Waals surface area (Å²) in [7, 11) is 0. The highest BCUT2D eigenvalue weighted by molar-refractivity contribution is 7.10. The number of nitrogens with one attached hydrogen (secondary N) is 1. The second kappa shape index (κ2) is 10.4. The topological polar surface area (TPSA) is 61.9 Å². The molecule has 3 amide bonds. The van der Waals surface area contributed by atoms with Crippen molar-refractivity contribution in [2.24, 2.45) is 5.92 Å². The van der Waals surface area contributed by atoms with Gasteiger partial charge in [0, 0.05) is 24.5 Å². The molecule has 2 aliphatic rings. The zero-order chi connectivity index (χ0) is 22.5. The third kappa shape index (κ3) is 5.44. The maximum atomic E-state index is 13.5. The monoisotopic (exact) mass is 455 g/mol. The van der Waals surface area contributed by atoms with Gasteiger partial charge in [-0.05, 0) is 67.2 Å². The van der Waals surface area contributed by atoms with Crippen molar-refractivity contribution in [1.82, 2.24) is 15.1 Å². The summed E-state index contributed by atoms with van der Waals surface area (Å²) in [5.74, 6) is 1.37. The Kier molecular flexibility index (Phi) is 7.35. The molecule has 7 heteroatoms. The number of rotatable bonds is 9. The van der Waals surface area contributed by atoms with Crippen LogP contribution in [0.4, 0.5) is 4.79 Å². The van der Waals surface area contributed by atoms with Crippen LogP contribution < -0.4 is 10.1 Å². The van der Waals surface area contributed by atoms with Gasteiger partial charge in [-0.15, -0.1) is 11.3 Å². The van der Waals surface area contributed by atoms with Crippen LogP contribution in [0.1, 0.15) is 48.2 Å². The molecule has 2 aromatic rings. The minimum atomic E-state index is -0.140. The van der Waals surface area contributed by atoms with Gasteiger partial charge < -0.3 is 19.9 Å². The van der Waals surface area contributed by atoms with Crippen molar-refractivity contribution in [3.8, 4) is 5.75 Å². The van der Waals surface area contributed by atoms with E-state index >= 15 is 0 Å². The minimum absolute atomic E-state index is 0.00691. The van der Waals surface area contributed by atoms with Crippen molar-refractivity contribution in [3.63, 3.8) is 0 Å². The summed E-state index contributed by atoms with van der Waals surface area (Å²) in [6, 6.07) is 9.79. The summed E-state index contributed by atoms with van der Waals surface area (Å²) >= 11 is 1.74. The second-order valence-corrected chi connectivity index (χ2v) is 9.79. The summed E-state index contributed by atoms with van der Waals surface area (Å²) in [6.45, 7) is 6.52. The Labute approximate surface area is 194 Å². The molecule has 4 rings (SSSR count). The van der Waals surface area contributed by atoms with E-state index in [-0.39, 0.29) is 24.5 Å². The average Bonchev–Trinajstić information content (AvgIpc) is 3.48. The van der Waals surface area contributed by atoms with Crippen molar-refractivity contribution in [2.45, 2.75) is 45.6 Å². The van der Waals surface area contributed by atoms with Crippen molar-refractivity contribution in [2.75, 3.05) is 32.8 Å². The normalized spacial score (nSPS) is 17.6. The molecule has 2 heterocycles. The van der Waals surface area contributed by atoms with Crippen molar-refractivity contribution in [3.05, 3.63) is 51.7 Å². The van der Waals surface area contributed by atoms with Gasteiger partial charge in [-0.1, -0.05) is 25.1 Å². The van der Waals surface area contributed by atoms with E-state index in [1.54, 1.807) is 16.2 Å². The lowest BCUT2D eigenvalue weighted by molar-refractivity contribution is -0.135. The molecule has 0 saturated heterocycles. The Bertz CT molecular complexity index is 940. The lowest BCUT2D eigenvalue weighted by Gasteiger charge is -2.37. The quantitative estimate of drug-likeness (QED) is 0.610. The molecule has 0 radical (unpaired) electrons. The number of amides is 3. The molecule has 1 saturated carbocycles. The van der Waals surface area contributed by atoms with Crippen LogP contribution >= 0.6 is 11.3 Å². The Morgan fingerprint density at radius 3 is 2.81 bits per heavy atom. The molecule has 6 nitrogen and oxygen atoms in total. The third-order valence-electron chi connectivity index (χ3n) is 6.22. The van der Waals surface area contributed by atoms with Gasteiger partial charge in [-0.25, -0.2) is 4.79 Å². The van der Waals surface area contributed by atoms with E-state index in [9.17, 15) is 9.59 Å². The molecule has 0 bridgehead atoms. The number of thiophene rings is 1. The van der Waals surface area contributed by atoms with Crippen molar-refractivity contribution < 1.29 is 14.3 Å². The van der Waals surface area contributed by atoms with E-state index < -0.39 is 0 Å². The van der Waals surface area contributed by atoms with Crippen LogP contribution in [0, 0.1) is 12.8 Å². The number of carbonyl (C=O) groups excluding carboxylic acids is 2. The predicted molar refractivity (Wildman–Crippen MR) is 127 cm³/mol. The highest BCUT2D eigenvalue weighted by atomic mass is 32.1. The molecule has 0 unspecified atom stereocenters. The average molecular weight is 456 g/mol. The van der Waals surface area contributed by atoms with E-state index in [0.717, 1.165) is 37.0 Å². The van der Waals surface area contributed by atoms with Crippen LogP contribution in [0.15, 0.2) is 35.7 Å². The first-order chi connectivity index (χ1) is 15.6. The fourth-order valence-corrected chi connectivity index (χ4v) is 5.12. The zero-order valence-electron chi connectivity index (χ0n) is 19.0. The maximum Gasteiger partial charge on any atom is 0.317 e. The smallest absolute Gasteiger partial charge is 0.317 e. The number of fused-ring (bicyclic) bond motifs is 1. The molecule has 1 aromatic carbocycles. The molecule has 0 spiro atoms. The molecule has 1 atom stereocenters. The summed E-state index contributed by atoms with van der Waals surface area (Å²) in [4.78, 5) is 31.1. The largest absolute Gasteiger partial charge is 0.491 e. The number of hydrogen-bond acceptors (Lipinski definition) is 4. The number of hydrogen-bond donors (Lipinski definition) is 1. The zero-order valence-corrected chi connectivity index (χ0v) is 19.8. The first kappa shape index (κ1) is 22.6. The van der Waals surface area contributed by atoms with Crippen LogP contribution in [-0.2, 0) is 11.2 Å². The number of aryl methyl sites for hydroxylation is 1. The molecular weight excluding hydrogens is 422 g/mol. The van der Waals surface area contributed by atoms with E-state index in [4.69, 9.17) is 4.74 Å². The van der Waals surface area contributed by atoms with Crippen molar-refractivity contribution in [1.29, 1.82) is 0 Å². The molecule has 1 aliphatic carbocycles. The first-order valence-corrected chi connectivity index (χ1v) is 12.5. The minimum Gasteiger partial charge on any atom is -0.491 e. The molecular formula is C25H33N3O3S. The van der Waals surface area contributed by atoms with Gasteiger partial charge in [0.15, 0.2) is 0 Å². The Morgan fingerprint density at radius 2 is 2.06 bits per heavy atom. The lowest BCUT2D eigenvalue weighted by atomic mass is 10.0. The first-order valence-electron chi connectivity index (χ1n) is 11.6. The fraction of sp³-hybridized carbons (Fsp3) is 0.520. The molecule has 1 fully saturated rings. The van der Waals surface area contributed by atoms with Gasteiger partial charge in [-0.3, -0.25) is 4.79 Å². The molecule has 32 heavy (non-hydrogen) atoms. The summed E-state index contributed by atoms with van der Waals surface area (Å²) in [6.07, 6.45) is 4.01. The molecule has 1 N–H and O–H groups in total. The number of nitrogens with zero attached hydrogens (tertiary/aromatic N) is 2. The predicted octanol–water partition coefficient (Wildman–Crippen LogP) is 4.39. The van der Waals surface area contributed by atoms with E-state index in [1.807, 2.05) is 43.0 Å². The number of ether oxygens (including phenoxy) is 1. The summed E-state index contributed by atoms with van der Waals surface area (Å²) in [5.41, 5.74) is 2.25. The van der Waals surface area contributed by atoms with Crippen LogP contribution in [0.5, 0.6) is 5.75 Å². The standard InChI is InChI=1S/C25H33N3O3S/c1-3-12-26-25(30)27(15-19-8-9-19)16-24(29)28-13-10-23-20(11-14-32-23)21(28)17-31-22-7-5-4-6-18(22)2/h4-7,11,14,19,21H,3,8-10,12-13,15-17H2,1-2H3,(H,26,30)/t21-/m0/s1. The third-order valence-corrected chi connectivity index (χ3v) is 7.22. The molecule has 172 valence electrons. The van der Waals surface area contributed by atoms with Crippen LogP contribution in [0.2, 0.25) is 0 Å². The Morgan fingerprint density at radius 1 is 1.25 bits per heavy atom. The van der Waals surface area contributed by atoms with Gasteiger partial charge in [0.05, 0.1) is 6.04 Å². The van der Waals surface area contributed by atoms with Gasteiger partial charge in [0.2, 0.25) is 5.91 Å². The van der Waals surface area contributed by atoms with Gasteiger partial charge >= 0.3 is 6.03 Å². The SMILES string of the molecule is CCCNC(=O)N(CC(=O)N1CCc2sccc2[C@@H]1COc1ccccc1C)CC1CC1. The highest BCUT2D eigenvalue weighted by Gasteiger charge is 2.35. The van der Waals surface area contributed by atoms with E-state index in [0.29, 0.717) is 32.2 Å². The lowest BCUT2D eigenvalue weighted by Crippen LogP contribution is -2.50. The number of para-hydroxylation sites is 1. The fourth-order valence-electron chi connectivity index (χ4n) is 4.19. The summed E-state index contributed by atoms with van der Waals surface area (Å²) < 4.78 is 6.18. The van der Waals surface area contributed by atoms with Gasteiger partial charge in [0.1, 0.15) is 18.9 Å². The maximum absolute atomic E-state index is 13.5. The highest BCUT2D eigenvalue weighted by Crippen LogP contribution is 2.35. The van der Waals surface area contributed by atoms with Crippen LogP contribution in [-0.4, -0.2) is 54.5 Å². The van der Waals surface area contributed by atoms with Crippen molar-refractivity contribution >= 4 is 23.3 Å². The molecule has 1 aliphatic heterocycles. The van der Waals surface area contributed by atoms with Crippen LogP contribution in [0.3, 0.4) is 0 Å². The summed E-state index contributed by atoms with van der Waals surface area (Å²) in [5, 5.41) is 5.04. The van der Waals surface area contributed by atoms with Gasteiger partial charge in [-0.2, -0.15) is 0 Å². The molecule has 1 aromatic heterocycles. The van der Waals surface area contributed by atoms with Gasteiger partial charge in [0.25, 0.3) is 0 Å². The number of carbonyl (C=O) groups is 2. The number of benzene rings is 1.